The average Bonchev–Trinajstić information content (AvgIpc) is 2.21. The molecule has 0 aromatic rings. The van der Waals surface area contributed by atoms with Crippen LogP contribution in [0.4, 0.5) is 0 Å². The number of aliphatic hydroxyl groups is 2. The molecular weight excluding hydrogens is 260 g/mol. The smallest absolute Gasteiger partial charge is 0.330 e. The molecule has 0 aliphatic heterocycles. The Morgan fingerprint density at radius 1 is 1.37 bits per heavy atom. The lowest BCUT2D eigenvalue weighted by Crippen LogP contribution is -2.35. The highest BCUT2D eigenvalue weighted by Gasteiger charge is 2.25. The SMILES string of the molecule is COC(=O)/C=C(/CC[C@@H](O)C(C)(C)O)C[Si](C)(C)C. The van der Waals surface area contributed by atoms with Gasteiger partial charge in [-0.1, -0.05) is 25.2 Å². The summed E-state index contributed by atoms with van der Waals surface area (Å²) >= 11 is 0. The number of methoxy groups -OCH3 is 1. The first-order valence-electron chi connectivity index (χ1n) is 6.63. The van der Waals surface area contributed by atoms with Gasteiger partial charge in [0.15, 0.2) is 0 Å². The Kier molecular flexibility index (Phi) is 6.97. The summed E-state index contributed by atoms with van der Waals surface area (Å²) in [5, 5.41) is 19.5. The molecule has 0 amide bonds. The fourth-order valence-corrected chi connectivity index (χ4v) is 3.43. The first-order valence-corrected chi connectivity index (χ1v) is 10.3. The van der Waals surface area contributed by atoms with Gasteiger partial charge in [-0.15, -0.1) is 0 Å². The largest absolute Gasteiger partial charge is 0.466 e. The maximum atomic E-state index is 11.4. The van der Waals surface area contributed by atoms with Gasteiger partial charge in [-0.2, -0.15) is 0 Å². The molecular formula is C14H28O4Si. The van der Waals surface area contributed by atoms with Gasteiger partial charge in [0.1, 0.15) is 0 Å². The number of allylic oxidation sites excluding steroid dienone is 1. The Hall–Kier alpha value is -0.653. The first kappa shape index (κ1) is 18.3. The minimum Gasteiger partial charge on any atom is -0.466 e. The fourth-order valence-electron chi connectivity index (χ4n) is 1.79. The summed E-state index contributed by atoms with van der Waals surface area (Å²) in [5.74, 6) is -0.356. The number of ether oxygens (including phenoxy) is 1. The van der Waals surface area contributed by atoms with E-state index in [4.69, 9.17) is 0 Å². The standard InChI is InChI=1S/C14H28O4Si/c1-14(2,17)12(15)8-7-11(9-13(16)18-3)10-19(4,5)6/h9,12,15,17H,7-8,10H2,1-6H3/b11-9-/t12-/m1/s1. The minimum atomic E-state index is -1.34. The number of rotatable bonds is 7. The van der Waals surface area contributed by atoms with Crippen molar-refractivity contribution in [3.8, 4) is 0 Å². The molecule has 0 aromatic carbocycles. The average molecular weight is 288 g/mol. The zero-order valence-electron chi connectivity index (χ0n) is 13.0. The second-order valence-electron chi connectivity index (χ2n) is 6.77. The van der Waals surface area contributed by atoms with E-state index in [9.17, 15) is 15.0 Å². The molecule has 0 saturated carbocycles. The molecule has 0 saturated heterocycles. The molecule has 4 nitrogen and oxygen atoms in total. The number of hydrogen-bond donors (Lipinski definition) is 2. The molecule has 0 spiro atoms. The normalized spacial score (nSPS) is 15.3. The lowest BCUT2D eigenvalue weighted by molar-refractivity contribution is -0.134. The Balaban J connectivity index is 4.70. The highest BCUT2D eigenvalue weighted by Crippen LogP contribution is 2.23. The molecule has 1 atom stereocenters. The molecule has 0 aromatic heterocycles. The van der Waals surface area contributed by atoms with Gasteiger partial charge in [0.05, 0.1) is 18.8 Å². The molecule has 0 fully saturated rings. The van der Waals surface area contributed by atoms with Crippen LogP contribution in [0.3, 0.4) is 0 Å². The van der Waals surface area contributed by atoms with Crippen LogP contribution in [0.15, 0.2) is 11.6 Å². The molecule has 0 aliphatic rings. The lowest BCUT2D eigenvalue weighted by Gasteiger charge is -2.25. The molecule has 5 heteroatoms. The van der Waals surface area contributed by atoms with Crippen LogP contribution < -0.4 is 0 Å². The maximum Gasteiger partial charge on any atom is 0.330 e. The fraction of sp³-hybridized carbons (Fsp3) is 0.786. The molecule has 0 rings (SSSR count). The van der Waals surface area contributed by atoms with Crippen molar-refractivity contribution in [2.45, 2.75) is 64.1 Å². The van der Waals surface area contributed by atoms with Gasteiger partial charge in [-0.25, -0.2) is 4.79 Å². The Morgan fingerprint density at radius 3 is 2.26 bits per heavy atom. The van der Waals surface area contributed by atoms with Gasteiger partial charge in [0, 0.05) is 14.1 Å². The van der Waals surface area contributed by atoms with Crippen molar-refractivity contribution >= 4 is 14.0 Å². The molecule has 0 radical (unpaired) electrons. The monoisotopic (exact) mass is 288 g/mol. The van der Waals surface area contributed by atoms with E-state index in [2.05, 4.69) is 24.4 Å². The van der Waals surface area contributed by atoms with E-state index in [0.717, 1.165) is 11.6 Å². The van der Waals surface area contributed by atoms with Crippen LogP contribution in [0.5, 0.6) is 0 Å². The highest BCUT2D eigenvalue weighted by molar-refractivity contribution is 6.76. The van der Waals surface area contributed by atoms with Crippen LogP contribution in [0.2, 0.25) is 25.7 Å². The third-order valence-electron chi connectivity index (χ3n) is 2.83. The molecule has 19 heavy (non-hydrogen) atoms. The summed E-state index contributed by atoms with van der Waals surface area (Å²) in [6.45, 7) is 9.85. The van der Waals surface area contributed by atoms with E-state index in [1.54, 1.807) is 13.8 Å². The maximum absolute atomic E-state index is 11.4. The summed E-state index contributed by atoms with van der Waals surface area (Å²) in [7, 11) is 0.0198. The van der Waals surface area contributed by atoms with Crippen molar-refractivity contribution in [2.24, 2.45) is 0 Å². The Labute approximate surface area is 117 Å². The zero-order chi connectivity index (χ0) is 15.3. The van der Waals surface area contributed by atoms with Crippen LogP contribution >= 0.6 is 0 Å². The van der Waals surface area contributed by atoms with Gasteiger partial charge < -0.3 is 14.9 Å². The Morgan fingerprint density at radius 2 is 1.89 bits per heavy atom. The van der Waals surface area contributed by atoms with Gasteiger partial charge in [0.25, 0.3) is 0 Å². The van der Waals surface area contributed by atoms with Gasteiger partial charge >= 0.3 is 5.97 Å². The van der Waals surface area contributed by atoms with E-state index in [0.29, 0.717) is 12.8 Å². The van der Waals surface area contributed by atoms with Crippen LogP contribution in [0, 0.1) is 0 Å². The number of carbonyl (C=O) groups excluding carboxylic acids is 1. The van der Waals surface area contributed by atoms with Crippen molar-refractivity contribution in [1.29, 1.82) is 0 Å². The predicted octanol–water partition coefficient (Wildman–Crippen LogP) is 2.34. The summed E-state index contributed by atoms with van der Waals surface area (Å²) in [6.07, 6.45) is 1.77. The third kappa shape index (κ3) is 8.97. The molecule has 0 aliphatic carbocycles. The van der Waals surface area contributed by atoms with Crippen molar-refractivity contribution in [1.82, 2.24) is 0 Å². The molecule has 112 valence electrons. The van der Waals surface area contributed by atoms with Crippen molar-refractivity contribution in [3.05, 3.63) is 11.6 Å². The summed E-state index contributed by atoms with van der Waals surface area (Å²) in [4.78, 5) is 11.4. The van der Waals surface area contributed by atoms with Crippen molar-refractivity contribution < 1.29 is 19.7 Å². The van der Waals surface area contributed by atoms with E-state index in [-0.39, 0.29) is 5.97 Å². The quantitative estimate of drug-likeness (QED) is 0.429. The second kappa shape index (κ2) is 7.22. The van der Waals surface area contributed by atoms with Crippen LogP contribution in [0.25, 0.3) is 0 Å². The van der Waals surface area contributed by atoms with E-state index in [1.165, 1.54) is 13.2 Å². The van der Waals surface area contributed by atoms with E-state index < -0.39 is 19.8 Å². The third-order valence-corrected chi connectivity index (χ3v) is 4.35. The second-order valence-corrected chi connectivity index (χ2v) is 12.2. The van der Waals surface area contributed by atoms with Crippen molar-refractivity contribution in [2.75, 3.05) is 7.11 Å². The van der Waals surface area contributed by atoms with Gasteiger partial charge in [-0.05, 0) is 32.7 Å². The number of aliphatic hydroxyl groups excluding tert-OH is 1. The zero-order valence-corrected chi connectivity index (χ0v) is 14.0. The highest BCUT2D eigenvalue weighted by atomic mass is 28.3. The van der Waals surface area contributed by atoms with Crippen LogP contribution in [-0.2, 0) is 9.53 Å². The minimum absolute atomic E-state index is 0.356. The molecule has 0 unspecified atom stereocenters. The van der Waals surface area contributed by atoms with E-state index in [1.807, 2.05) is 0 Å². The lowest BCUT2D eigenvalue weighted by atomic mass is 9.96. The molecule has 0 heterocycles. The van der Waals surface area contributed by atoms with E-state index >= 15 is 0 Å². The van der Waals surface area contributed by atoms with Gasteiger partial charge in [-0.3, -0.25) is 0 Å². The van der Waals surface area contributed by atoms with Crippen LogP contribution in [-0.4, -0.2) is 43.1 Å². The topological polar surface area (TPSA) is 66.8 Å². The first-order chi connectivity index (χ1) is 8.45. The van der Waals surface area contributed by atoms with Gasteiger partial charge in [0.2, 0.25) is 0 Å². The number of esters is 1. The number of hydrogen-bond acceptors (Lipinski definition) is 4. The van der Waals surface area contributed by atoms with Crippen LogP contribution in [0.1, 0.15) is 26.7 Å². The molecule has 0 bridgehead atoms. The Bertz CT molecular complexity index is 323. The summed E-state index contributed by atoms with van der Waals surface area (Å²) in [5.41, 5.74) is -0.121. The van der Waals surface area contributed by atoms with Crippen molar-refractivity contribution in [3.63, 3.8) is 0 Å². The molecule has 2 N–H and O–H groups in total. The summed E-state index contributed by atoms with van der Waals surface area (Å²) in [6, 6.07) is 0.890. The number of carbonyl (C=O) groups is 1. The predicted molar refractivity (Wildman–Crippen MR) is 79.8 cm³/mol. The summed E-state index contributed by atoms with van der Waals surface area (Å²) < 4.78 is 4.66.